The predicted octanol–water partition coefficient (Wildman–Crippen LogP) is 3.23. The van der Waals surface area contributed by atoms with Gasteiger partial charge in [-0.1, -0.05) is 12.1 Å². The van der Waals surface area contributed by atoms with Crippen LogP contribution in [-0.2, 0) is 0 Å². The average molecular weight is 375 g/mol. The molecule has 3 heterocycles. The number of fused-ring (bicyclic) bond motifs is 2. The van der Waals surface area contributed by atoms with Gasteiger partial charge in [0.25, 0.3) is 6.04 Å². The molecule has 1 aliphatic heterocycles. The summed E-state index contributed by atoms with van der Waals surface area (Å²) < 4.78 is 4.96. The molecular weight excluding hydrogens is 354 g/mol. The van der Waals surface area contributed by atoms with Crippen molar-refractivity contribution < 1.29 is 4.63 Å². The molecule has 0 spiro atoms. The van der Waals surface area contributed by atoms with Crippen LogP contribution < -0.4 is 5.32 Å². The number of aromatic amines is 1. The van der Waals surface area contributed by atoms with Crippen LogP contribution in [0.15, 0.2) is 34.0 Å². The number of hydrogen-bond donors (Lipinski definition) is 2. The molecule has 2 aromatic heterocycles. The van der Waals surface area contributed by atoms with E-state index in [2.05, 4.69) is 30.7 Å². The minimum Gasteiger partial charge on any atom is -0.317 e. The number of H-pyrrole nitrogens is 1. The van der Waals surface area contributed by atoms with Crippen molar-refractivity contribution in [2.45, 2.75) is 43.7 Å². The summed E-state index contributed by atoms with van der Waals surface area (Å²) in [6.07, 6.45) is 6.08. The number of aliphatic imine (C=N–C) groups is 1. The van der Waals surface area contributed by atoms with E-state index in [1.807, 2.05) is 25.2 Å². The van der Waals surface area contributed by atoms with Crippen LogP contribution in [-0.4, -0.2) is 45.4 Å². The first-order valence-electron chi connectivity index (χ1n) is 9.67. The minimum atomic E-state index is -0.372. The first-order valence-corrected chi connectivity index (χ1v) is 9.67. The third kappa shape index (κ3) is 2.62. The number of aromatic nitrogens is 4. The molecule has 1 aromatic carbocycles. The van der Waals surface area contributed by atoms with Gasteiger partial charge in [-0.25, -0.2) is 16.2 Å². The van der Waals surface area contributed by atoms with Crippen molar-refractivity contribution >= 4 is 22.6 Å². The summed E-state index contributed by atoms with van der Waals surface area (Å²) >= 11 is 0. The van der Waals surface area contributed by atoms with E-state index < -0.39 is 0 Å². The van der Waals surface area contributed by atoms with Gasteiger partial charge in [0.05, 0.1) is 12.1 Å². The van der Waals surface area contributed by atoms with Gasteiger partial charge in [-0.3, -0.25) is 5.10 Å². The molecule has 1 fully saturated rings. The second-order valence-electron chi connectivity index (χ2n) is 7.58. The molecule has 2 N–H and O–H groups in total. The molecule has 1 saturated carbocycles. The van der Waals surface area contributed by atoms with Crippen LogP contribution in [0.2, 0.25) is 0 Å². The summed E-state index contributed by atoms with van der Waals surface area (Å²) in [6.45, 7) is 8.01. The maximum atomic E-state index is 8.01. The third-order valence-electron chi connectivity index (χ3n) is 6.19. The molecule has 0 radical (unpaired) electrons. The van der Waals surface area contributed by atoms with E-state index in [-0.39, 0.29) is 12.0 Å². The van der Waals surface area contributed by atoms with Crippen molar-refractivity contribution in [2.24, 2.45) is 10.9 Å². The summed E-state index contributed by atoms with van der Waals surface area (Å²) in [5, 5.41) is 18.7. The van der Waals surface area contributed by atoms with Gasteiger partial charge in [-0.2, -0.15) is 5.10 Å². The summed E-state index contributed by atoms with van der Waals surface area (Å²) in [6, 6.07) is 6.00. The standard InChI is InChI=1S/C20H21N7O/c1-21-12-8-6-11(7-9-12)17-19(22-2)16(14-10-23-25-20(14)24-17)13-4-3-5-15-18(13)27-28-26-15/h3-5,10-12,16,19,21H,6-9H2,1H3,(H,23,25). The number of hydrogen-bond acceptors (Lipinski definition) is 6. The van der Waals surface area contributed by atoms with Crippen molar-refractivity contribution in [1.29, 1.82) is 0 Å². The van der Waals surface area contributed by atoms with E-state index in [4.69, 9.17) is 16.2 Å². The van der Waals surface area contributed by atoms with Crippen LogP contribution in [0.4, 0.5) is 5.82 Å². The van der Waals surface area contributed by atoms with Gasteiger partial charge in [0.2, 0.25) is 0 Å². The molecular formula is C20H21N7O. The van der Waals surface area contributed by atoms with E-state index in [1.54, 1.807) is 6.20 Å². The SMILES string of the molecule is [C-]#[N+]C1C(C2CCC(NC)CC2)=Nc2[nH]ncc2C1c1cccc2nonc12. The third-order valence-corrected chi connectivity index (χ3v) is 6.19. The highest BCUT2D eigenvalue weighted by Gasteiger charge is 2.44. The summed E-state index contributed by atoms with van der Waals surface area (Å²) in [5.74, 6) is 0.887. The van der Waals surface area contributed by atoms with E-state index in [9.17, 15) is 0 Å². The van der Waals surface area contributed by atoms with Crippen LogP contribution in [0.3, 0.4) is 0 Å². The Balaban J connectivity index is 1.60. The molecule has 8 heteroatoms. The lowest BCUT2D eigenvalue weighted by atomic mass is 9.74. The van der Waals surface area contributed by atoms with Crippen molar-refractivity contribution in [3.8, 4) is 0 Å². The van der Waals surface area contributed by atoms with Gasteiger partial charge >= 0.3 is 0 Å². The number of nitrogens with one attached hydrogen (secondary N) is 2. The van der Waals surface area contributed by atoms with Crippen molar-refractivity contribution in [2.75, 3.05) is 7.05 Å². The molecule has 28 heavy (non-hydrogen) atoms. The highest BCUT2D eigenvalue weighted by atomic mass is 16.6. The zero-order chi connectivity index (χ0) is 19.1. The molecule has 142 valence electrons. The normalized spacial score (nSPS) is 27.2. The zero-order valence-corrected chi connectivity index (χ0v) is 15.6. The van der Waals surface area contributed by atoms with Crippen LogP contribution in [0.5, 0.6) is 0 Å². The number of rotatable bonds is 3. The lowest BCUT2D eigenvalue weighted by molar-refractivity contribution is 0.315. The Bertz CT molecular complexity index is 1070. The van der Waals surface area contributed by atoms with Gasteiger partial charge in [0.15, 0.2) is 5.82 Å². The maximum absolute atomic E-state index is 8.01. The van der Waals surface area contributed by atoms with E-state index in [0.717, 1.165) is 48.3 Å². The Hall–Kier alpha value is -3.05. The molecule has 2 aliphatic rings. The Morgan fingerprint density at radius 1 is 1.18 bits per heavy atom. The lowest BCUT2D eigenvalue weighted by Gasteiger charge is -2.32. The highest BCUT2D eigenvalue weighted by Crippen LogP contribution is 2.44. The lowest BCUT2D eigenvalue weighted by Crippen LogP contribution is -2.38. The number of nitrogens with zero attached hydrogens (tertiary/aromatic N) is 5. The Morgan fingerprint density at radius 2 is 2.04 bits per heavy atom. The Labute approximate surface area is 162 Å². The van der Waals surface area contributed by atoms with Gasteiger partial charge in [0.1, 0.15) is 16.7 Å². The summed E-state index contributed by atoms with van der Waals surface area (Å²) in [4.78, 5) is 8.93. The Kier molecular flexibility index (Phi) is 4.17. The van der Waals surface area contributed by atoms with Crippen molar-refractivity contribution in [3.05, 3.63) is 46.9 Å². The fraction of sp³-hybridized carbons (Fsp3) is 0.450. The first-order chi connectivity index (χ1) is 13.8. The first kappa shape index (κ1) is 17.1. The van der Waals surface area contributed by atoms with E-state index in [0.29, 0.717) is 23.0 Å². The highest BCUT2D eigenvalue weighted by molar-refractivity contribution is 5.99. The molecule has 2 atom stereocenters. The monoisotopic (exact) mass is 375 g/mol. The molecule has 8 nitrogen and oxygen atoms in total. The van der Waals surface area contributed by atoms with Crippen molar-refractivity contribution in [1.82, 2.24) is 25.8 Å². The summed E-state index contributed by atoms with van der Waals surface area (Å²) in [5.41, 5.74) is 4.25. The fourth-order valence-electron chi connectivity index (χ4n) is 4.71. The molecule has 2 unspecified atom stereocenters. The quantitative estimate of drug-likeness (QED) is 0.685. The second-order valence-corrected chi connectivity index (χ2v) is 7.58. The van der Waals surface area contributed by atoms with Crippen LogP contribution in [0.1, 0.15) is 42.7 Å². The second kappa shape index (κ2) is 6.84. The van der Waals surface area contributed by atoms with Crippen LogP contribution in [0.25, 0.3) is 15.9 Å². The average Bonchev–Trinajstić information content (AvgIpc) is 3.41. The van der Waals surface area contributed by atoms with Crippen LogP contribution in [0, 0.1) is 12.5 Å². The molecule has 0 bridgehead atoms. The van der Waals surface area contributed by atoms with Gasteiger partial charge in [-0.05, 0) is 54.7 Å². The van der Waals surface area contributed by atoms with Gasteiger partial charge in [-0.15, -0.1) is 0 Å². The fourth-order valence-corrected chi connectivity index (χ4v) is 4.71. The largest absolute Gasteiger partial charge is 0.317 e. The minimum absolute atomic E-state index is 0.184. The molecule has 5 rings (SSSR count). The number of benzene rings is 1. The van der Waals surface area contributed by atoms with E-state index in [1.165, 1.54) is 0 Å². The topological polar surface area (TPSA) is 96.3 Å². The molecule has 3 aromatic rings. The Morgan fingerprint density at radius 3 is 2.82 bits per heavy atom. The molecule has 0 amide bonds. The maximum Gasteiger partial charge on any atom is 0.272 e. The smallest absolute Gasteiger partial charge is 0.272 e. The predicted molar refractivity (Wildman–Crippen MR) is 105 cm³/mol. The summed E-state index contributed by atoms with van der Waals surface area (Å²) in [7, 11) is 2.02. The zero-order valence-electron chi connectivity index (χ0n) is 15.6. The molecule has 1 aliphatic carbocycles. The van der Waals surface area contributed by atoms with Gasteiger partial charge in [0, 0.05) is 17.5 Å². The molecule has 0 saturated heterocycles. The van der Waals surface area contributed by atoms with Gasteiger partial charge < -0.3 is 10.2 Å². The van der Waals surface area contributed by atoms with Crippen molar-refractivity contribution in [3.63, 3.8) is 0 Å². The van der Waals surface area contributed by atoms with E-state index >= 15 is 0 Å². The van der Waals surface area contributed by atoms with Crippen LogP contribution >= 0.6 is 0 Å².